The van der Waals surface area contributed by atoms with Gasteiger partial charge >= 0.3 is 0 Å². The smallest absolute Gasteiger partial charge is 0.255 e. The number of aliphatic hydroxyl groups is 2. The van der Waals surface area contributed by atoms with Gasteiger partial charge in [-0.3, -0.25) is 4.79 Å². The molecule has 2 fully saturated rings. The van der Waals surface area contributed by atoms with Crippen LogP contribution in [-0.4, -0.2) is 78.1 Å². The molecule has 9 nitrogen and oxygen atoms in total. The lowest BCUT2D eigenvalue weighted by molar-refractivity contribution is -0.221. The molecule has 134 valence electrons. The SMILES string of the molecule is C[C@]1(O)CC2(CCN(C(=O)c3ccc4nnnn4c3)CC2)OC[C@@H]1O. The van der Waals surface area contributed by atoms with Crippen LogP contribution in [0.5, 0.6) is 0 Å². The molecule has 4 rings (SSSR count). The fraction of sp³-hybridized carbons (Fsp3) is 0.625. The van der Waals surface area contributed by atoms with Gasteiger partial charge in [0, 0.05) is 25.7 Å². The van der Waals surface area contributed by atoms with Crippen LogP contribution in [0.4, 0.5) is 0 Å². The Morgan fingerprint density at radius 1 is 1.36 bits per heavy atom. The molecule has 2 saturated heterocycles. The minimum Gasteiger partial charge on any atom is -0.388 e. The number of nitrogens with zero attached hydrogens (tertiary/aromatic N) is 5. The first-order chi connectivity index (χ1) is 11.9. The second-order valence-corrected chi connectivity index (χ2v) is 7.24. The van der Waals surface area contributed by atoms with Crippen LogP contribution in [0.25, 0.3) is 5.65 Å². The standard InChI is InChI=1S/C16H21N5O4/c1-15(24)10-16(25-9-12(15)22)4-6-20(7-5-16)14(23)11-2-3-13-17-18-19-21(13)8-11/h2-3,8,12,22,24H,4-7,9-10H2,1H3/t12-,15-/m0/s1. The van der Waals surface area contributed by atoms with Crippen LogP contribution < -0.4 is 0 Å². The minimum absolute atomic E-state index is 0.0742. The van der Waals surface area contributed by atoms with Gasteiger partial charge in [-0.15, -0.1) is 5.10 Å². The zero-order valence-electron chi connectivity index (χ0n) is 14.0. The van der Waals surface area contributed by atoms with E-state index in [0.717, 1.165) is 0 Å². The van der Waals surface area contributed by atoms with Crippen molar-refractivity contribution in [3.05, 3.63) is 23.9 Å². The van der Waals surface area contributed by atoms with Gasteiger partial charge in [0.2, 0.25) is 0 Å². The topological polar surface area (TPSA) is 113 Å². The molecule has 0 bridgehead atoms. The molecule has 2 aromatic rings. The van der Waals surface area contributed by atoms with Gasteiger partial charge in [-0.1, -0.05) is 0 Å². The van der Waals surface area contributed by atoms with Crippen LogP contribution in [0, 0.1) is 0 Å². The number of aromatic nitrogens is 4. The Morgan fingerprint density at radius 3 is 2.84 bits per heavy atom. The lowest BCUT2D eigenvalue weighted by Gasteiger charge is -2.49. The second-order valence-electron chi connectivity index (χ2n) is 7.24. The van der Waals surface area contributed by atoms with Gasteiger partial charge in [0.1, 0.15) is 6.10 Å². The van der Waals surface area contributed by atoms with E-state index in [1.54, 1.807) is 30.2 Å². The van der Waals surface area contributed by atoms with Gasteiger partial charge < -0.3 is 19.8 Å². The van der Waals surface area contributed by atoms with E-state index in [-0.39, 0.29) is 12.5 Å². The summed E-state index contributed by atoms with van der Waals surface area (Å²) in [5.41, 5.74) is -0.511. The third-order valence-electron chi connectivity index (χ3n) is 5.35. The number of rotatable bonds is 1. The Morgan fingerprint density at radius 2 is 2.12 bits per heavy atom. The van der Waals surface area contributed by atoms with Crippen LogP contribution >= 0.6 is 0 Å². The van der Waals surface area contributed by atoms with Crippen molar-refractivity contribution < 1.29 is 19.7 Å². The molecule has 2 aliphatic rings. The quantitative estimate of drug-likeness (QED) is 0.724. The van der Waals surface area contributed by atoms with Crippen LogP contribution in [0.3, 0.4) is 0 Å². The largest absolute Gasteiger partial charge is 0.388 e. The highest BCUT2D eigenvalue weighted by molar-refractivity contribution is 5.94. The summed E-state index contributed by atoms with van der Waals surface area (Å²) >= 11 is 0. The molecule has 2 aliphatic heterocycles. The Hall–Kier alpha value is -2.10. The lowest BCUT2D eigenvalue weighted by atomic mass is 9.76. The predicted octanol–water partition coefficient (Wildman–Crippen LogP) is -0.369. The van der Waals surface area contributed by atoms with Gasteiger partial charge in [0.25, 0.3) is 5.91 Å². The van der Waals surface area contributed by atoms with Crippen molar-refractivity contribution in [2.75, 3.05) is 19.7 Å². The van der Waals surface area contributed by atoms with Gasteiger partial charge in [-0.2, -0.15) is 4.52 Å². The molecule has 25 heavy (non-hydrogen) atoms. The molecule has 1 spiro atoms. The molecule has 4 heterocycles. The van der Waals surface area contributed by atoms with E-state index >= 15 is 0 Å². The molecule has 0 saturated carbocycles. The first kappa shape index (κ1) is 16.4. The van der Waals surface area contributed by atoms with E-state index in [1.165, 1.54) is 4.52 Å². The normalized spacial score (nSPS) is 29.2. The molecule has 1 amide bonds. The third-order valence-corrected chi connectivity index (χ3v) is 5.35. The fourth-order valence-electron chi connectivity index (χ4n) is 3.75. The number of carbonyl (C=O) groups excluding carboxylic acids is 1. The maximum atomic E-state index is 12.7. The Kier molecular flexibility index (Phi) is 3.75. The molecule has 9 heteroatoms. The molecular weight excluding hydrogens is 326 g/mol. The number of piperidine rings is 1. The summed E-state index contributed by atoms with van der Waals surface area (Å²) in [7, 11) is 0. The van der Waals surface area contributed by atoms with Gasteiger partial charge in [-0.25, -0.2) is 0 Å². The van der Waals surface area contributed by atoms with Gasteiger partial charge in [-0.05, 0) is 42.3 Å². The van der Waals surface area contributed by atoms with E-state index in [0.29, 0.717) is 43.6 Å². The number of fused-ring (bicyclic) bond motifs is 1. The number of pyridine rings is 1. The number of amides is 1. The summed E-state index contributed by atoms with van der Waals surface area (Å²) in [6.45, 7) is 2.84. The number of carbonyl (C=O) groups is 1. The first-order valence-electron chi connectivity index (χ1n) is 8.40. The van der Waals surface area contributed by atoms with Crippen LogP contribution in [0.1, 0.15) is 36.5 Å². The van der Waals surface area contributed by atoms with E-state index in [1.807, 2.05) is 0 Å². The highest BCUT2D eigenvalue weighted by Gasteiger charge is 2.49. The summed E-state index contributed by atoms with van der Waals surface area (Å²) in [6.07, 6.45) is 2.39. The van der Waals surface area contributed by atoms with Crippen molar-refractivity contribution in [2.24, 2.45) is 0 Å². The number of hydrogen-bond donors (Lipinski definition) is 2. The van der Waals surface area contributed by atoms with Crippen molar-refractivity contribution in [1.29, 1.82) is 0 Å². The molecule has 0 aliphatic carbocycles. The van der Waals surface area contributed by atoms with E-state index < -0.39 is 17.3 Å². The molecule has 2 N–H and O–H groups in total. The zero-order valence-corrected chi connectivity index (χ0v) is 14.0. The van der Waals surface area contributed by atoms with Crippen molar-refractivity contribution in [3.63, 3.8) is 0 Å². The van der Waals surface area contributed by atoms with Crippen LogP contribution in [0.2, 0.25) is 0 Å². The van der Waals surface area contributed by atoms with Gasteiger partial charge in [0.05, 0.1) is 23.4 Å². The summed E-state index contributed by atoms with van der Waals surface area (Å²) in [5.74, 6) is -0.0742. The Balaban J connectivity index is 1.45. The van der Waals surface area contributed by atoms with E-state index in [9.17, 15) is 15.0 Å². The van der Waals surface area contributed by atoms with E-state index in [4.69, 9.17) is 4.74 Å². The molecule has 0 aromatic carbocycles. The molecule has 0 unspecified atom stereocenters. The maximum absolute atomic E-state index is 12.7. The summed E-state index contributed by atoms with van der Waals surface area (Å²) in [4.78, 5) is 14.5. The third kappa shape index (κ3) is 2.88. The average molecular weight is 347 g/mol. The summed E-state index contributed by atoms with van der Waals surface area (Å²) < 4.78 is 7.33. The number of aliphatic hydroxyl groups excluding tert-OH is 1. The summed E-state index contributed by atoms with van der Waals surface area (Å²) in [5, 5.41) is 31.4. The number of likely N-dealkylation sites (tertiary alicyclic amines) is 1. The Bertz CT molecular complexity index is 797. The van der Waals surface area contributed by atoms with Crippen LogP contribution in [0.15, 0.2) is 18.3 Å². The predicted molar refractivity (Wildman–Crippen MR) is 85.9 cm³/mol. The van der Waals surface area contributed by atoms with E-state index in [2.05, 4.69) is 15.5 Å². The van der Waals surface area contributed by atoms with Gasteiger partial charge in [0.15, 0.2) is 5.65 Å². The zero-order chi connectivity index (χ0) is 17.7. The minimum atomic E-state index is -1.16. The summed E-state index contributed by atoms with van der Waals surface area (Å²) in [6, 6.07) is 3.43. The van der Waals surface area contributed by atoms with Crippen molar-refractivity contribution in [3.8, 4) is 0 Å². The monoisotopic (exact) mass is 347 g/mol. The number of tetrazole rings is 1. The molecular formula is C16H21N5O4. The average Bonchev–Trinajstić information content (AvgIpc) is 3.06. The van der Waals surface area contributed by atoms with Crippen molar-refractivity contribution in [1.82, 2.24) is 24.9 Å². The molecule has 2 aromatic heterocycles. The Labute approximate surface area is 144 Å². The lowest BCUT2D eigenvalue weighted by Crippen LogP contribution is -2.59. The first-order valence-corrected chi connectivity index (χ1v) is 8.40. The molecule has 0 radical (unpaired) electrons. The fourth-order valence-corrected chi connectivity index (χ4v) is 3.75. The highest BCUT2D eigenvalue weighted by atomic mass is 16.5. The second kappa shape index (κ2) is 5.72. The van der Waals surface area contributed by atoms with Crippen molar-refractivity contribution >= 4 is 11.6 Å². The maximum Gasteiger partial charge on any atom is 0.255 e. The number of ether oxygens (including phenoxy) is 1. The van der Waals surface area contributed by atoms with Crippen molar-refractivity contribution in [2.45, 2.75) is 43.5 Å². The highest BCUT2D eigenvalue weighted by Crippen LogP contribution is 2.39. The van der Waals surface area contributed by atoms with Crippen LogP contribution in [-0.2, 0) is 4.74 Å². The molecule has 2 atom stereocenters. The number of hydrogen-bond acceptors (Lipinski definition) is 7.